The van der Waals surface area contributed by atoms with Crippen LogP contribution in [0.4, 0.5) is 11.4 Å². The number of primary amides is 1. The fourth-order valence-electron chi connectivity index (χ4n) is 8.60. The molecule has 0 fully saturated rings. The van der Waals surface area contributed by atoms with E-state index in [4.69, 9.17) is 28.0 Å². The molecule has 0 saturated carbocycles. The van der Waals surface area contributed by atoms with Gasteiger partial charge < -0.3 is 81.0 Å². The summed E-state index contributed by atoms with van der Waals surface area (Å²) in [5.41, 5.74) is 22.0. The summed E-state index contributed by atoms with van der Waals surface area (Å²) in [4.78, 5) is 162. The van der Waals surface area contributed by atoms with Crippen LogP contribution in [0.25, 0.3) is 11.0 Å². The second kappa shape index (κ2) is 36.8. The van der Waals surface area contributed by atoms with Crippen molar-refractivity contribution in [2.24, 2.45) is 51.6 Å². The SMILES string of the molecule is CC[C@H](C)[C@H](NC(=O)CCNc1ccc([N+](=O)[O-])c2nonc12)C(=O)N[C@@H](CCCN=C(N)N)C(=O)N[C@H](C(=O)N[C@H](CC(=O)N[C@H](C(=O)N[C@@H](CCCCN)C(=O)N[C@H](C(=O)N[C@@H](CCC(=O)O)C(N)=O)[C@@H](C)CC)C(C)C)C(=O)O)[C@@H](C)CC. The summed E-state index contributed by atoms with van der Waals surface area (Å²) < 4.78 is 4.68. The van der Waals surface area contributed by atoms with Gasteiger partial charge in [0, 0.05) is 32.0 Å². The molecule has 1 aromatic carbocycles. The number of aliphatic carboxylic acids is 2. The number of carbonyl (C=O) groups excluding carboxylic acids is 9. The van der Waals surface area contributed by atoms with Gasteiger partial charge in [-0.05, 0) is 85.1 Å². The fourth-order valence-corrected chi connectivity index (χ4v) is 8.60. The summed E-state index contributed by atoms with van der Waals surface area (Å²) in [5, 5.41) is 61.5. The van der Waals surface area contributed by atoms with E-state index in [0.717, 1.165) is 0 Å². The Labute approximate surface area is 497 Å². The number of carboxylic acids is 2. The van der Waals surface area contributed by atoms with Crippen molar-refractivity contribution < 1.29 is 72.5 Å². The van der Waals surface area contributed by atoms with Crippen LogP contribution in [0, 0.1) is 33.8 Å². The van der Waals surface area contributed by atoms with Crippen LogP contribution in [-0.2, 0) is 52.7 Å². The van der Waals surface area contributed by atoms with Crippen LogP contribution < -0.4 is 70.8 Å². The minimum absolute atomic E-state index is 0.0103. The molecule has 33 nitrogen and oxygen atoms in total. The van der Waals surface area contributed by atoms with Gasteiger partial charge >= 0.3 is 17.6 Å². The molecule has 0 spiro atoms. The Bertz CT molecular complexity index is 2700. The Morgan fingerprint density at radius 2 is 1.07 bits per heavy atom. The first-order chi connectivity index (χ1) is 40.5. The number of carbonyl (C=O) groups is 11. The zero-order valence-corrected chi connectivity index (χ0v) is 49.9. The van der Waals surface area contributed by atoms with Crippen molar-refractivity contribution in [2.45, 2.75) is 181 Å². The molecular formula is C53H87N17O16. The predicted octanol–water partition coefficient (Wildman–Crippen LogP) is -1.39. The predicted molar refractivity (Wildman–Crippen MR) is 311 cm³/mol. The standard InChI is InChI=1S/C53H87N17O16/c1-9-27(6)40(64-36(71)21-24-58-30-17-19-35(70(84)85)44-43(30)68-86-69-44)49(79)62-33(16-14-23-59-53(56)57)47(77)67-42(29(8)11-3)51(81)63-34(52(82)83)25-37(72)65-39(26(4)5)48(78)61-32(15-12-13-22-54)46(76)66-41(28(7)10-2)50(80)60-31(45(55)75)18-20-38(73)74/h17,19,26-29,31-34,39-42,58H,9-16,18,20-25,54H2,1-8H3,(H2,55,75)(H,60,80)(H,61,78)(H,62,79)(H,63,81)(H,64,71)(H,65,72)(H,66,76)(H,67,77)(H,73,74)(H,82,83)(H4,56,57,59)/t27-,28-,29-,31-,32-,33-,34+,39-,40-,41-,42-/m0/s1. The zero-order valence-electron chi connectivity index (χ0n) is 49.9. The first-order valence-electron chi connectivity index (χ1n) is 28.6. The molecule has 0 saturated heterocycles. The number of guanidine groups is 1. The van der Waals surface area contributed by atoms with Gasteiger partial charge in [0.2, 0.25) is 58.7 Å². The molecule has 86 heavy (non-hydrogen) atoms. The summed E-state index contributed by atoms with van der Waals surface area (Å²) in [6.45, 7) is 13.5. The largest absolute Gasteiger partial charge is 0.481 e. The maximum absolute atomic E-state index is 14.3. The van der Waals surface area contributed by atoms with Gasteiger partial charge in [-0.2, -0.15) is 0 Å². The van der Waals surface area contributed by atoms with Gasteiger partial charge in [0.15, 0.2) is 11.5 Å². The average Bonchev–Trinajstić information content (AvgIpc) is 2.15. The molecule has 0 aliphatic rings. The summed E-state index contributed by atoms with van der Waals surface area (Å²) in [6.07, 6.45) is -0.137. The van der Waals surface area contributed by atoms with Gasteiger partial charge in [0.05, 0.1) is 17.0 Å². The smallest absolute Gasteiger partial charge is 0.326 e. The number of rotatable bonds is 41. The number of nitrogens with one attached hydrogen (secondary N) is 9. The molecule has 33 heteroatoms. The number of nitro groups is 1. The second-order valence-corrected chi connectivity index (χ2v) is 21.3. The molecule has 19 N–H and O–H groups in total. The van der Waals surface area contributed by atoms with Crippen molar-refractivity contribution in [2.75, 3.05) is 25.0 Å². The third-order valence-corrected chi connectivity index (χ3v) is 14.4. The third kappa shape index (κ3) is 24.1. The van der Waals surface area contributed by atoms with E-state index in [-0.39, 0.29) is 80.8 Å². The number of nitrogens with two attached hydrogens (primary N) is 4. The van der Waals surface area contributed by atoms with Crippen LogP contribution in [0.15, 0.2) is 21.8 Å². The summed E-state index contributed by atoms with van der Waals surface area (Å²) >= 11 is 0. The molecule has 0 unspecified atom stereocenters. The molecule has 1 heterocycles. The van der Waals surface area contributed by atoms with E-state index < -0.39 is 155 Å². The van der Waals surface area contributed by atoms with Gasteiger partial charge in [0.25, 0.3) is 0 Å². The van der Waals surface area contributed by atoms with Crippen molar-refractivity contribution in [1.29, 1.82) is 0 Å². The van der Waals surface area contributed by atoms with Gasteiger partial charge in [0.1, 0.15) is 48.3 Å². The lowest BCUT2D eigenvalue weighted by Gasteiger charge is -2.30. The maximum atomic E-state index is 14.3. The van der Waals surface area contributed by atoms with E-state index in [1.807, 2.05) is 0 Å². The van der Waals surface area contributed by atoms with Gasteiger partial charge in [-0.25, -0.2) is 9.42 Å². The molecule has 480 valence electrons. The number of hydrogen-bond donors (Lipinski definition) is 15. The lowest BCUT2D eigenvalue weighted by Crippen LogP contribution is -2.60. The summed E-state index contributed by atoms with van der Waals surface area (Å²) in [7, 11) is 0. The number of aromatic nitrogens is 2. The Hall–Kier alpha value is -8.78. The minimum Gasteiger partial charge on any atom is -0.481 e. The lowest BCUT2D eigenvalue weighted by atomic mass is 9.96. The highest BCUT2D eigenvalue weighted by Gasteiger charge is 2.38. The van der Waals surface area contributed by atoms with Crippen molar-refractivity contribution >= 4 is 93.5 Å². The molecular weight excluding hydrogens is 1130 g/mol. The quantitative estimate of drug-likeness (QED) is 0.0120. The van der Waals surface area contributed by atoms with Crippen LogP contribution in [-0.4, -0.2) is 164 Å². The number of carboxylic acid groups (broad SMARTS) is 2. The van der Waals surface area contributed by atoms with Gasteiger partial charge in [-0.1, -0.05) is 74.7 Å². The maximum Gasteiger partial charge on any atom is 0.326 e. The van der Waals surface area contributed by atoms with Crippen LogP contribution in [0.1, 0.15) is 132 Å². The number of amides is 9. The van der Waals surface area contributed by atoms with E-state index in [2.05, 4.69) is 67.8 Å². The van der Waals surface area contributed by atoms with Crippen molar-refractivity contribution in [1.82, 2.24) is 52.8 Å². The summed E-state index contributed by atoms with van der Waals surface area (Å²) in [6, 6.07) is -8.76. The van der Waals surface area contributed by atoms with E-state index in [1.165, 1.54) is 12.1 Å². The Morgan fingerprint density at radius 1 is 0.593 bits per heavy atom. The normalized spacial score (nSPS) is 15.0. The monoisotopic (exact) mass is 1220 g/mol. The Kier molecular flexibility index (Phi) is 31.4. The highest BCUT2D eigenvalue weighted by molar-refractivity contribution is 5.98. The second-order valence-electron chi connectivity index (χ2n) is 21.3. The average molecular weight is 1220 g/mol. The molecule has 0 aliphatic heterocycles. The van der Waals surface area contributed by atoms with Gasteiger partial charge in [-0.3, -0.25) is 63.1 Å². The highest BCUT2D eigenvalue weighted by atomic mass is 16.6. The van der Waals surface area contributed by atoms with Crippen molar-refractivity contribution in [3.8, 4) is 0 Å². The fraction of sp³-hybridized carbons (Fsp3) is 0.660. The molecule has 0 aliphatic carbocycles. The first-order valence-corrected chi connectivity index (χ1v) is 28.6. The molecule has 0 radical (unpaired) electrons. The molecule has 11 atom stereocenters. The number of aliphatic imine (C=N–C) groups is 1. The van der Waals surface area contributed by atoms with Crippen LogP contribution >= 0.6 is 0 Å². The minimum atomic E-state index is -1.93. The van der Waals surface area contributed by atoms with Crippen molar-refractivity contribution in [3.05, 3.63) is 22.2 Å². The van der Waals surface area contributed by atoms with E-state index in [9.17, 15) is 68.0 Å². The molecule has 0 bridgehead atoms. The zero-order chi connectivity index (χ0) is 65.0. The number of hydrogen-bond acceptors (Lipinski definition) is 19. The number of fused-ring (bicyclic) bond motifs is 1. The third-order valence-electron chi connectivity index (χ3n) is 14.4. The number of anilines is 1. The molecule has 9 amide bonds. The highest BCUT2D eigenvalue weighted by Crippen LogP contribution is 2.28. The van der Waals surface area contributed by atoms with E-state index in [0.29, 0.717) is 31.4 Å². The summed E-state index contributed by atoms with van der Waals surface area (Å²) in [5.74, 6) is -13.3. The number of nitro benzene ring substituents is 1. The van der Waals surface area contributed by atoms with Crippen LogP contribution in [0.3, 0.4) is 0 Å². The van der Waals surface area contributed by atoms with Crippen LogP contribution in [0.5, 0.6) is 0 Å². The van der Waals surface area contributed by atoms with Crippen molar-refractivity contribution in [3.63, 3.8) is 0 Å². The van der Waals surface area contributed by atoms with Gasteiger partial charge in [-0.15, -0.1) is 0 Å². The van der Waals surface area contributed by atoms with E-state index >= 15 is 0 Å². The Balaban J connectivity index is 2.32. The van der Waals surface area contributed by atoms with E-state index in [1.54, 1.807) is 55.4 Å². The Morgan fingerprint density at radius 3 is 1.53 bits per heavy atom. The lowest BCUT2D eigenvalue weighted by molar-refractivity contribution is -0.383. The molecule has 2 aromatic rings. The molecule has 2 rings (SSSR count). The number of nitrogens with zero attached hydrogens (tertiary/aromatic N) is 4. The topological polar surface area (TPSA) is 535 Å². The number of non-ortho nitro benzene ring substituents is 1. The first kappa shape index (κ1) is 73.3. The van der Waals surface area contributed by atoms with Crippen LogP contribution in [0.2, 0.25) is 0 Å². The number of benzene rings is 1. The molecule has 1 aromatic heterocycles. The number of unbranched alkanes of at least 4 members (excludes halogenated alkanes) is 1.